The van der Waals surface area contributed by atoms with E-state index < -0.39 is 0 Å². The van der Waals surface area contributed by atoms with E-state index in [0.717, 1.165) is 6.42 Å². The maximum atomic E-state index is 12.1. The minimum absolute atomic E-state index is 0.0727. The monoisotopic (exact) mass is 232 g/mol. The molecule has 4 nitrogen and oxygen atoms in total. The first kappa shape index (κ1) is 13.2. The second-order valence-corrected chi connectivity index (χ2v) is 3.61. The summed E-state index contributed by atoms with van der Waals surface area (Å²) in [5.41, 5.74) is 1.08. The first-order chi connectivity index (χ1) is 8.20. The lowest BCUT2D eigenvalue weighted by Crippen LogP contribution is -2.28. The Labute approximate surface area is 101 Å². The number of rotatable bonds is 3. The molecule has 0 saturated carbocycles. The second kappa shape index (κ2) is 6.66. The molecule has 0 aromatic carbocycles. The van der Waals surface area contributed by atoms with Crippen LogP contribution < -0.4 is 0 Å². The van der Waals surface area contributed by atoms with Crippen molar-refractivity contribution in [1.29, 1.82) is 0 Å². The number of hydrogen-bond donors (Lipinski definition) is 1. The maximum absolute atomic E-state index is 12.1. The van der Waals surface area contributed by atoms with Crippen LogP contribution in [0.3, 0.4) is 0 Å². The normalized spacial score (nSPS) is 9.35. The van der Waals surface area contributed by atoms with Gasteiger partial charge in [0.15, 0.2) is 0 Å². The van der Waals surface area contributed by atoms with E-state index in [2.05, 4.69) is 16.8 Å². The quantitative estimate of drug-likeness (QED) is 0.788. The summed E-state index contributed by atoms with van der Waals surface area (Å²) in [4.78, 5) is 17.7. The number of pyridine rings is 1. The zero-order valence-electron chi connectivity index (χ0n) is 10.1. The number of aliphatic hydroxyl groups is 1. The number of nitrogens with zero attached hydrogens (tertiary/aromatic N) is 2. The molecule has 0 aliphatic carbocycles. The summed E-state index contributed by atoms with van der Waals surface area (Å²) >= 11 is 0. The van der Waals surface area contributed by atoms with E-state index in [1.54, 1.807) is 24.2 Å². The number of amides is 1. The highest BCUT2D eigenvalue weighted by molar-refractivity contribution is 5.96. The molecule has 4 heteroatoms. The fourth-order valence-corrected chi connectivity index (χ4v) is 1.46. The highest BCUT2D eigenvalue weighted by atomic mass is 16.2. The van der Waals surface area contributed by atoms with E-state index in [9.17, 15) is 4.79 Å². The van der Waals surface area contributed by atoms with Gasteiger partial charge in [0.2, 0.25) is 0 Å². The Morgan fingerprint density at radius 3 is 3.00 bits per heavy atom. The SMILES string of the molecule is CCCN(C)C(=O)c1ccncc1C#CCO. The molecule has 90 valence electrons. The van der Waals surface area contributed by atoms with Gasteiger partial charge in [0.1, 0.15) is 6.61 Å². The molecule has 0 fully saturated rings. The molecule has 1 heterocycles. The van der Waals surface area contributed by atoms with Crippen molar-refractivity contribution < 1.29 is 9.90 Å². The summed E-state index contributed by atoms with van der Waals surface area (Å²) < 4.78 is 0. The third kappa shape index (κ3) is 3.58. The van der Waals surface area contributed by atoms with Crippen LogP contribution in [-0.4, -0.2) is 41.1 Å². The van der Waals surface area contributed by atoms with E-state index >= 15 is 0 Å². The molecule has 1 rings (SSSR count). The van der Waals surface area contributed by atoms with E-state index in [1.807, 2.05) is 6.92 Å². The lowest BCUT2D eigenvalue weighted by atomic mass is 10.1. The van der Waals surface area contributed by atoms with Gasteiger partial charge in [-0.2, -0.15) is 0 Å². The Morgan fingerprint density at radius 2 is 2.35 bits per heavy atom. The number of carbonyl (C=O) groups excluding carboxylic acids is 1. The molecule has 0 bridgehead atoms. The maximum Gasteiger partial charge on any atom is 0.254 e. The largest absolute Gasteiger partial charge is 0.384 e. The first-order valence-electron chi connectivity index (χ1n) is 5.50. The molecular weight excluding hydrogens is 216 g/mol. The van der Waals surface area contributed by atoms with Crippen molar-refractivity contribution in [1.82, 2.24) is 9.88 Å². The average molecular weight is 232 g/mol. The van der Waals surface area contributed by atoms with Crippen LogP contribution in [0.4, 0.5) is 0 Å². The molecule has 0 atom stereocenters. The van der Waals surface area contributed by atoms with Crippen molar-refractivity contribution in [2.75, 3.05) is 20.2 Å². The Kier molecular flexibility index (Phi) is 5.18. The van der Waals surface area contributed by atoms with Gasteiger partial charge in [-0.3, -0.25) is 9.78 Å². The van der Waals surface area contributed by atoms with Crippen LogP contribution in [0, 0.1) is 11.8 Å². The van der Waals surface area contributed by atoms with Gasteiger partial charge >= 0.3 is 0 Å². The number of carbonyl (C=O) groups is 1. The van der Waals surface area contributed by atoms with Crippen LogP contribution in [0.5, 0.6) is 0 Å². The van der Waals surface area contributed by atoms with Gasteiger partial charge in [-0.15, -0.1) is 0 Å². The molecular formula is C13H16N2O2. The number of hydrogen-bond acceptors (Lipinski definition) is 3. The fourth-order valence-electron chi connectivity index (χ4n) is 1.46. The summed E-state index contributed by atoms with van der Waals surface area (Å²) in [6.45, 7) is 2.49. The van der Waals surface area contributed by atoms with Crippen LogP contribution in [0.1, 0.15) is 29.3 Å². The topological polar surface area (TPSA) is 53.4 Å². The molecule has 1 N–H and O–H groups in total. The predicted molar refractivity (Wildman–Crippen MR) is 65.5 cm³/mol. The summed E-state index contributed by atoms with van der Waals surface area (Å²) in [6.07, 6.45) is 4.01. The van der Waals surface area contributed by atoms with Crippen molar-refractivity contribution in [3.63, 3.8) is 0 Å². The Bertz CT molecular complexity index is 446. The fraction of sp³-hybridized carbons (Fsp3) is 0.385. The highest BCUT2D eigenvalue weighted by Crippen LogP contribution is 2.08. The van der Waals surface area contributed by atoms with E-state index in [1.165, 1.54) is 6.20 Å². The van der Waals surface area contributed by atoms with Crippen molar-refractivity contribution >= 4 is 5.91 Å². The molecule has 0 aliphatic heterocycles. The van der Waals surface area contributed by atoms with Crippen molar-refractivity contribution in [2.45, 2.75) is 13.3 Å². The van der Waals surface area contributed by atoms with Gasteiger partial charge in [-0.05, 0) is 12.5 Å². The molecule has 1 aromatic heterocycles. The minimum atomic E-state index is -0.229. The van der Waals surface area contributed by atoms with Gasteiger partial charge in [-0.1, -0.05) is 18.8 Å². The standard InChI is InChI=1S/C13H16N2O2/c1-3-8-15(2)13(17)12-6-7-14-10-11(12)5-4-9-16/h6-7,10,16H,3,8-9H2,1-2H3. The average Bonchev–Trinajstić information content (AvgIpc) is 2.36. The van der Waals surface area contributed by atoms with Gasteiger partial charge in [-0.25, -0.2) is 0 Å². The van der Waals surface area contributed by atoms with Crippen molar-refractivity contribution in [2.24, 2.45) is 0 Å². The lowest BCUT2D eigenvalue weighted by molar-refractivity contribution is 0.0794. The Balaban J connectivity index is 3.00. The predicted octanol–water partition coefficient (Wildman–Crippen LogP) is 0.907. The molecule has 0 saturated heterocycles. The Morgan fingerprint density at radius 1 is 1.59 bits per heavy atom. The zero-order valence-corrected chi connectivity index (χ0v) is 10.1. The van der Waals surface area contributed by atoms with E-state index in [0.29, 0.717) is 17.7 Å². The smallest absolute Gasteiger partial charge is 0.254 e. The summed E-state index contributed by atoms with van der Waals surface area (Å²) in [6, 6.07) is 1.65. The molecule has 1 aromatic rings. The molecule has 0 unspecified atom stereocenters. The minimum Gasteiger partial charge on any atom is -0.384 e. The van der Waals surface area contributed by atoms with Crippen LogP contribution in [0.2, 0.25) is 0 Å². The molecule has 17 heavy (non-hydrogen) atoms. The highest BCUT2D eigenvalue weighted by Gasteiger charge is 2.13. The van der Waals surface area contributed by atoms with Crippen molar-refractivity contribution in [3.05, 3.63) is 29.6 Å². The van der Waals surface area contributed by atoms with Crippen LogP contribution in [-0.2, 0) is 0 Å². The van der Waals surface area contributed by atoms with Crippen molar-refractivity contribution in [3.8, 4) is 11.8 Å². The third-order valence-electron chi connectivity index (χ3n) is 2.26. The van der Waals surface area contributed by atoms with Gasteiger partial charge < -0.3 is 10.0 Å². The second-order valence-electron chi connectivity index (χ2n) is 3.61. The Hall–Kier alpha value is -1.86. The summed E-state index contributed by atoms with van der Waals surface area (Å²) in [7, 11) is 1.76. The van der Waals surface area contributed by atoms with Crippen LogP contribution in [0.25, 0.3) is 0 Å². The van der Waals surface area contributed by atoms with Crippen LogP contribution in [0.15, 0.2) is 18.5 Å². The number of aromatic nitrogens is 1. The third-order valence-corrected chi connectivity index (χ3v) is 2.26. The molecule has 0 aliphatic rings. The number of aliphatic hydroxyl groups excluding tert-OH is 1. The lowest BCUT2D eigenvalue weighted by Gasteiger charge is -2.16. The zero-order chi connectivity index (χ0) is 12.7. The van der Waals surface area contributed by atoms with E-state index in [-0.39, 0.29) is 12.5 Å². The van der Waals surface area contributed by atoms with Crippen LogP contribution >= 0.6 is 0 Å². The van der Waals surface area contributed by atoms with Gasteiger partial charge in [0, 0.05) is 26.0 Å². The molecule has 0 radical (unpaired) electrons. The van der Waals surface area contributed by atoms with E-state index in [4.69, 9.17) is 5.11 Å². The van der Waals surface area contributed by atoms with Gasteiger partial charge in [0.25, 0.3) is 5.91 Å². The summed E-state index contributed by atoms with van der Waals surface area (Å²) in [5, 5.41) is 8.66. The molecule has 0 spiro atoms. The molecule has 1 amide bonds. The first-order valence-corrected chi connectivity index (χ1v) is 5.50. The summed E-state index contributed by atoms with van der Waals surface area (Å²) in [5.74, 6) is 5.18. The van der Waals surface area contributed by atoms with Gasteiger partial charge in [0.05, 0.1) is 11.1 Å².